The molecule has 11 heteroatoms. The molecule has 0 saturated carbocycles. The molecule has 0 aliphatic heterocycles. The molecule has 0 unspecified atom stereocenters. The predicted octanol–water partition coefficient (Wildman–Crippen LogP) is -2.36. The molecular formula is C9H10Ca2O9. The van der Waals surface area contributed by atoms with Crippen LogP contribution >= 0.6 is 0 Å². The fraction of sp³-hybridized carbons (Fsp3) is 0. The topological polar surface area (TPSA) is 144 Å². The maximum absolute atomic E-state index is 10.7. The van der Waals surface area contributed by atoms with Crippen LogP contribution in [0.15, 0.2) is 24.3 Å². The van der Waals surface area contributed by atoms with Gasteiger partial charge in [0.15, 0.2) is 0 Å². The molecule has 0 aromatic carbocycles. The van der Waals surface area contributed by atoms with E-state index in [4.69, 9.17) is 10.2 Å². The molecule has 0 aliphatic carbocycles. The zero-order valence-electron chi connectivity index (χ0n) is 8.56. The quantitative estimate of drug-likeness (QED) is 0.248. The molecule has 0 aromatic rings. The summed E-state index contributed by atoms with van der Waals surface area (Å²) in [5, 5.41) is 16.3. The average Bonchev–Trinajstić information content (AvgIpc) is 2.23. The van der Waals surface area contributed by atoms with Gasteiger partial charge >= 0.3 is 106 Å². The van der Waals surface area contributed by atoms with Crippen LogP contribution in [0.3, 0.4) is 0 Å². The Hall–Kier alpha value is -0.451. The summed E-state index contributed by atoms with van der Waals surface area (Å²) in [6.07, 6.45) is -0.0682. The first-order valence-corrected chi connectivity index (χ1v) is 4.11. The Balaban J connectivity index is -0.00000144. The van der Waals surface area contributed by atoms with E-state index in [-0.39, 0.29) is 75.5 Å². The van der Waals surface area contributed by atoms with E-state index < -0.39 is 30.0 Å². The number of aliphatic carboxylic acids is 2. The van der Waals surface area contributed by atoms with Crippen LogP contribution in [0.5, 0.6) is 0 Å². The number of carboxylic acid groups (broad SMARTS) is 2. The van der Waals surface area contributed by atoms with Crippen LogP contribution in [0.2, 0.25) is 0 Å². The van der Waals surface area contributed by atoms with Crippen molar-refractivity contribution in [1.29, 1.82) is 0 Å². The van der Waals surface area contributed by atoms with Crippen LogP contribution in [0.4, 0.5) is 4.79 Å². The van der Waals surface area contributed by atoms with E-state index >= 15 is 0 Å². The van der Waals surface area contributed by atoms with Crippen LogP contribution in [-0.4, -0.2) is 116 Å². The molecule has 20 heavy (non-hydrogen) atoms. The molecule has 0 radical (unpaired) electrons. The van der Waals surface area contributed by atoms with E-state index in [1.54, 1.807) is 0 Å². The van der Waals surface area contributed by atoms with Crippen molar-refractivity contribution in [3.05, 3.63) is 24.3 Å². The molecular weight excluding hydrogens is 332 g/mol. The van der Waals surface area contributed by atoms with E-state index in [1.807, 2.05) is 0 Å². The Bertz CT molecular complexity index is 412. The van der Waals surface area contributed by atoms with Gasteiger partial charge in [0, 0.05) is 24.3 Å². The van der Waals surface area contributed by atoms with E-state index in [0.717, 1.165) is 0 Å². The number of ether oxygens (including phenoxy) is 2. The van der Waals surface area contributed by atoms with Crippen molar-refractivity contribution in [3.63, 3.8) is 0 Å². The number of carbonyl (C=O) groups excluding carboxylic acids is 3. The monoisotopic (exact) mass is 342 g/mol. The Morgan fingerprint density at radius 1 is 0.650 bits per heavy atom. The first kappa shape index (κ1) is 24.6. The minimum absolute atomic E-state index is 0. The molecule has 0 heterocycles. The molecule has 2 N–H and O–H groups in total. The predicted molar refractivity (Wildman–Crippen MR) is 68.2 cm³/mol. The second-order valence-corrected chi connectivity index (χ2v) is 2.44. The third-order valence-electron chi connectivity index (χ3n) is 1.09. The van der Waals surface area contributed by atoms with E-state index in [0.29, 0.717) is 24.3 Å². The van der Waals surface area contributed by atoms with Crippen LogP contribution in [0, 0.1) is 0 Å². The number of esters is 2. The molecule has 0 rings (SSSR count). The van der Waals surface area contributed by atoms with Gasteiger partial charge in [0.05, 0.1) is 0 Å². The molecule has 0 aromatic heterocycles. The van der Waals surface area contributed by atoms with E-state index in [9.17, 15) is 24.0 Å². The zero-order chi connectivity index (χ0) is 14.1. The molecule has 0 amide bonds. The number of hydrogen-bond acceptors (Lipinski definition) is 7. The summed E-state index contributed by atoms with van der Waals surface area (Å²) >= 11 is 0. The molecule has 0 spiro atoms. The first-order chi connectivity index (χ1) is 8.31. The Morgan fingerprint density at radius 2 is 0.950 bits per heavy atom. The SMILES string of the molecule is O=C(O)/C=C\C(=O)OC(=O)OC(=O)/C=C\C(=O)O.[CaH2].[CaH2]. The van der Waals surface area contributed by atoms with Crippen molar-refractivity contribution in [2.75, 3.05) is 0 Å². The molecule has 104 valence electrons. The maximum atomic E-state index is 10.7. The van der Waals surface area contributed by atoms with Gasteiger partial charge in [-0.1, -0.05) is 0 Å². The van der Waals surface area contributed by atoms with Crippen molar-refractivity contribution in [1.82, 2.24) is 0 Å². The van der Waals surface area contributed by atoms with Crippen molar-refractivity contribution < 1.29 is 43.7 Å². The number of hydrogen-bond donors (Lipinski definition) is 2. The summed E-state index contributed by atoms with van der Waals surface area (Å²) in [6, 6.07) is 0. The second kappa shape index (κ2) is 13.5. The van der Waals surface area contributed by atoms with Crippen LogP contribution in [0.1, 0.15) is 0 Å². The van der Waals surface area contributed by atoms with Crippen LogP contribution in [0.25, 0.3) is 0 Å². The Kier molecular flexibility index (Phi) is 16.6. The van der Waals surface area contributed by atoms with Crippen LogP contribution in [-0.2, 0) is 28.7 Å². The van der Waals surface area contributed by atoms with Crippen molar-refractivity contribution in [2.24, 2.45) is 0 Å². The van der Waals surface area contributed by atoms with Gasteiger partial charge in [-0.2, -0.15) is 0 Å². The van der Waals surface area contributed by atoms with Gasteiger partial charge in [0.2, 0.25) is 0 Å². The van der Waals surface area contributed by atoms with Gasteiger partial charge in [0.1, 0.15) is 0 Å². The van der Waals surface area contributed by atoms with Gasteiger partial charge in [-0.05, 0) is 0 Å². The molecule has 0 saturated heterocycles. The van der Waals surface area contributed by atoms with Gasteiger partial charge in [-0.25, -0.2) is 24.0 Å². The normalized spacial score (nSPS) is 9.20. The van der Waals surface area contributed by atoms with Gasteiger partial charge in [-0.3, -0.25) is 0 Å². The van der Waals surface area contributed by atoms with E-state index in [2.05, 4.69) is 9.47 Å². The summed E-state index contributed by atoms with van der Waals surface area (Å²) in [7, 11) is 0. The Labute approximate surface area is 171 Å². The Morgan fingerprint density at radius 3 is 1.20 bits per heavy atom. The summed E-state index contributed by atoms with van der Waals surface area (Å²) in [5.74, 6) is -5.61. The molecule has 0 atom stereocenters. The summed E-state index contributed by atoms with van der Waals surface area (Å²) in [6.45, 7) is 0. The number of carboxylic acids is 2. The standard InChI is InChI=1S/C9H6O9.2Ca.4H/c10-5(11)1-3-7(14)17-9(16)18-8(15)4-2-6(12)13;;;;;;/h1-4H,(H,10,11)(H,12,13);;;;;;/b3-1-,4-2-;;;;;;. The summed E-state index contributed by atoms with van der Waals surface area (Å²) < 4.78 is 7.65. The first-order valence-electron chi connectivity index (χ1n) is 4.11. The van der Waals surface area contributed by atoms with Gasteiger partial charge < -0.3 is 19.7 Å². The summed E-state index contributed by atoms with van der Waals surface area (Å²) in [5.41, 5.74) is 0. The van der Waals surface area contributed by atoms with Crippen molar-refractivity contribution >= 4 is 106 Å². The fourth-order valence-electron chi connectivity index (χ4n) is 0.532. The average molecular weight is 342 g/mol. The van der Waals surface area contributed by atoms with Crippen molar-refractivity contribution in [2.45, 2.75) is 0 Å². The molecule has 0 fully saturated rings. The third kappa shape index (κ3) is 15.6. The van der Waals surface area contributed by atoms with E-state index in [1.165, 1.54) is 0 Å². The molecule has 0 bridgehead atoms. The molecule has 0 aliphatic rings. The van der Waals surface area contributed by atoms with Gasteiger partial charge in [-0.15, -0.1) is 0 Å². The second-order valence-electron chi connectivity index (χ2n) is 2.44. The van der Waals surface area contributed by atoms with Crippen LogP contribution < -0.4 is 0 Å². The number of carbonyl (C=O) groups is 5. The fourth-order valence-corrected chi connectivity index (χ4v) is 0.532. The molecule has 9 nitrogen and oxygen atoms in total. The van der Waals surface area contributed by atoms with Crippen molar-refractivity contribution in [3.8, 4) is 0 Å². The number of rotatable bonds is 4. The van der Waals surface area contributed by atoms with Gasteiger partial charge in [0.25, 0.3) is 0 Å². The summed E-state index contributed by atoms with van der Waals surface area (Å²) in [4.78, 5) is 52.1. The minimum atomic E-state index is -1.71. The third-order valence-corrected chi connectivity index (χ3v) is 1.09. The zero-order valence-corrected chi connectivity index (χ0v) is 8.56.